The van der Waals surface area contributed by atoms with E-state index in [0.717, 1.165) is 6.42 Å². The number of hydrogen-bond donors (Lipinski definition) is 0. The molecule has 1 unspecified atom stereocenters. The summed E-state index contributed by atoms with van der Waals surface area (Å²) in [4.78, 5) is 0.133. The summed E-state index contributed by atoms with van der Waals surface area (Å²) in [6, 6.07) is 3.68. The van der Waals surface area contributed by atoms with Gasteiger partial charge in [0.2, 0.25) is 10.0 Å². The molecule has 6 heteroatoms. The summed E-state index contributed by atoms with van der Waals surface area (Å²) in [5, 5.41) is 0. The highest BCUT2D eigenvalue weighted by molar-refractivity contribution is 9.10. The molecular formula is C14H19BrFNO2S. The van der Waals surface area contributed by atoms with E-state index < -0.39 is 15.8 Å². The SMILES string of the molecule is CC(C)(C)C1CCN(S(=O)(=O)c2ccc(F)cc2Br)C1. The van der Waals surface area contributed by atoms with Gasteiger partial charge in [-0.15, -0.1) is 0 Å². The van der Waals surface area contributed by atoms with Crippen molar-refractivity contribution in [2.45, 2.75) is 32.1 Å². The average Bonchev–Trinajstić information content (AvgIpc) is 2.77. The third-order valence-corrected chi connectivity index (χ3v) is 6.73. The van der Waals surface area contributed by atoms with Crippen molar-refractivity contribution in [3.8, 4) is 0 Å². The molecule has 0 N–H and O–H groups in total. The average molecular weight is 364 g/mol. The van der Waals surface area contributed by atoms with Gasteiger partial charge in [0.15, 0.2) is 0 Å². The van der Waals surface area contributed by atoms with E-state index in [1.165, 1.54) is 22.5 Å². The van der Waals surface area contributed by atoms with Crippen LogP contribution < -0.4 is 0 Å². The van der Waals surface area contributed by atoms with Crippen LogP contribution in [0.5, 0.6) is 0 Å². The highest BCUT2D eigenvalue weighted by atomic mass is 79.9. The molecule has 1 aromatic carbocycles. The van der Waals surface area contributed by atoms with E-state index in [4.69, 9.17) is 0 Å². The molecular weight excluding hydrogens is 345 g/mol. The molecule has 0 bridgehead atoms. The number of hydrogen-bond acceptors (Lipinski definition) is 2. The second-order valence-electron chi connectivity index (χ2n) is 6.29. The van der Waals surface area contributed by atoms with E-state index in [1.807, 2.05) is 0 Å². The zero-order valence-electron chi connectivity index (χ0n) is 11.9. The number of rotatable bonds is 2. The van der Waals surface area contributed by atoms with Crippen LogP contribution in [0.4, 0.5) is 4.39 Å². The van der Waals surface area contributed by atoms with Crippen molar-refractivity contribution >= 4 is 26.0 Å². The summed E-state index contributed by atoms with van der Waals surface area (Å²) in [5.41, 5.74) is 0.0876. The second kappa shape index (κ2) is 5.39. The Morgan fingerprint density at radius 1 is 1.35 bits per heavy atom. The Labute approximate surface area is 128 Å². The Hall–Kier alpha value is -0.460. The van der Waals surface area contributed by atoms with Crippen LogP contribution in [0.2, 0.25) is 0 Å². The summed E-state index contributed by atoms with van der Waals surface area (Å²) in [5.74, 6) is -0.110. The molecule has 1 fully saturated rings. The van der Waals surface area contributed by atoms with Crippen LogP contribution in [0.25, 0.3) is 0 Å². The molecule has 112 valence electrons. The van der Waals surface area contributed by atoms with Crippen molar-refractivity contribution < 1.29 is 12.8 Å². The lowest BCUT2D eigenvalue weighted by atomic mass is 9.80. The first kappa shape index (κ1) is 15.9. The lowest BCUT2D eigenvalue weighted by Crippen LogP contribution is -2.31. The minimum Gasteiger partial charge on any atom is -0.207 e. The minimum atomic E-state index is -3.56. The highest BCUT2D eigenvalue weighted by Gasteiger charge is 2.38. The predicted octanol–water partition coefficient (Wildman–Crippen LogP) is 3.64. The largest absolute Gasteiger partial charge is 0.244 e. The van der Waals surface area contributed by atoms with Gasteiger partial charge < -0.3 is 0 Å². The molecule has 2 rings (SSSR count). The Morgan fingerprint density at radius 2 is 2.00 bits per heavy atom. The van der Waals surface area contributed by atoms with Gasteiger partial charge in [-0.1, -0.05) is 20.8 Å². The molecule has 1 aliphatic heterocycles. The van der Waals surface area contributed by atoms with Crippen molar-refractivity contribution in [2.24, 2.45) is 11.3 Å². The zero-order valence-corrected chi connectivity index (χ0v) is 14.3. The van der Waals surface area contributed by atoms with E-state index in [-0.39, 0.29) is 14.8 Å². The van der Waals surface area contributed by atoms with Gasteiger partial charge in [-0.05, 0) is 51.9 Å². The maximum atomic E-state index is 13.1. The molecule has 1 aliphatic rings. The van der Waals surface area contributed by atoms with Crippen molar-refractivity contribution in [1.29, 1.82) is 0 Å². The topological polar surface area (TPSA) is 37.4 Å². The molecule has 0 saturated carbocycles. The van der Waals surface area contributed by atoms with Crippen LogP contribution in [-0.4, -0.2) is 25.8 Å². The van der Waals surface area contributed by atoms with Crippen LogP contribution in [-0.2, 0) is 10.0 Å². The summed E-state index contributed by atoms with van der Waals surface area (Å²) >= 11 is 3.14. The Morgan fingerprint density at radius 3 is 2.50 bits per heavy atom. The fraction of sp³-hybridized carbons (Fsp3) is 0.571. The first-order valence-corrected chi connectivity index (χ1v) is 8.81. The molecule has 0 aromatic heterocycles. The van der Waals surface area contributed by atoms with Gasteiger partial charge >= 0.3 is 0 Å². The highest BCUT2D eigenvalue weighted by Crippen LogP contribution is 2.36. The molecule has 0 aliphatic carbocycles. The smallest absolute Gasteiger partial charge is 0.207 e. The summed E-state index contributed by atoms with van der Waals surface area (Å²) < 4.78 is 40.1. The van der Waals surface area contributed by atoms with Crippen LogP contribution in [0.15, 0.2) is 27.6 Å². The molecule has 0 spiro atoms. The second-order valence-corrected chi connectivity index (χ2v) is 9.05. The first-order valence-electron chi connectivity index (χ1n) is 6.57. The van der Waals surface area contributed by atoms with Gasteiger partial charge in [0.1, 0.15) is 5.82 Å². The van der Waals surface area contributed by atoms with Crippen molar-refractivity contribution in [3.05, 3.63) is 28.5 Å². The quantitative estimate of drug-likeness (QED) is 0.804. The predicted molar refractivity (Wildman–Crippen MR) is 80.4 cm³/mol. The molecule has 1 aromatic rings. The van der Waals surface area contributed by atoms with E-state index in [0.29, 0.717) is 19.0 Å². The molecule has 1 atom stereocenters. The van der Waals surface area contributed by atoms with Gasteiger partial charge in [0, 0.05) is 17.6 Å². The van der Waals surface area contributed by atoms with E-state index in [9.17, 15) is 12.8 Å². The maximum Gasteiger partial charge on any atom is 0.244 e. The fourth-order valence-corrected chi connectivity index (χ4v) is 4.99. The van der Waals surface area contributed by atoms with Gasteiger partial charge in [-0.25, -0.2) is 12.8 Å². The van der Waals surface area contributed by atoms with Crippen LogP contribution in [0.1, 0.15) is 27.2 Å². The van der Waals surface area contributed by atoms with E-state index >= 15 is 0 Å². The van der Waals surface area contributed by atoms with Gasteiger partial charge in [-0.2, -0.15) is 4.31 Å². The van der Waals surface area contributed by atoms with E-state index in [2.05, 4.69) is 36.7 Å². The first-order chi connectivity index (χ1) is 9.12. The molecule has 1 saturated heterocycles. The third kappa shape index (κ3) is 3.07. The third-order valence-electron chi connectivity index (χ3n) is 3.89. The molecule has 0 amide bonds. The summed E-state index contributed by atoms with van der Waals surface area (Å²) in [6.45, 7) is 7.43. The minimum absolute atomic E-state index is 0.0876. The number of benzene rings is 1. The van der Waals surface area contributed by atoms with Crippen molar-refractivity contribution in [2.75, 3.05) is 13.1 Å². The van der Waals surface area contributed by atoms with Crippen LogP contribution in [0, 0.1) is 17.2 Å². The normalized spacial score (nSPS) is 21.4. The Balaban J connectivity index is 2.28. The van der Waals surface area contributed by atoms with Crippen molar-refractivity contribution in [1.82, 2.24) is 4.31 Å². The van der Waals surface area contributed by atoms with Crippen LogP contribution in [0.3, 0.4) is 0 Å². The molecule has 3 nitrogen and oxygen atoms in total. The molecule has 0 radical (unpaired) electrons. The number of nitrogens with zero attached hydrogens (tertiary/aromatic N) is 1. The fourth-order valence-electron chi connectivity index (χ4n) is 2.48. The molecule has 20 heavy (non-hydrogen) atoms. The molecule has 1 heterocycles. The standard InChI is InChI=1S/C14H19BrFNO2S/c1-14(2,3)10-6-7-17(9-10)20(18,19)13-5-4-11(16)8-12(13)15/h4-5,8,10H,6-7,9H2,1-3H3. The van der Waals surface area contributed by atoms with Crippen molar-refractivity contribution in [3.63, 3.8) is 0 Å². The zero-order chi connectivity index (χ0) is 15.1. The van der Waals surface area contributed by atoms with E-state index in [1.54, 1.807) is 0 Å². The monoisotopic (exact) mass is 363 g/mol. The number of halogens is 2. The number of sulfonamides is 1. The van der Waals surface area contributed by atoms with Gasteiger partial charge in [0.05, 0.1) is 4.90 Å². The summed E-state index contributed by atoms with van der Waals surface area (Å²) in [6.07, 6.45) is 0.863. The van der Waals surface area contributed by atoms with Crippen LogP contribution >= 0.6 is 15.9 Å². The Bertz CT molecular complexity index is 610. The van der Waals surface area contributed by atoms with Gasteiger partial charge in [0.25, 0.3) is 0 Å². The lowest BCUT2D eigenvalue weighted by Gasteiger charge is -2.27. The maximum absolute atomic E-state index is 13.1. The van der Waals surface area contributed by atoms with Gasteiger partial charge in [-0.3, -0.25) is 0 Å². The lowest BCUT2D eigenvalue weighted by molar-refractivity contribution is 0.252. The summed E-state index contributed by atoms with van der Waals surface area (Å²) in [7, 11) is -3.56. The Kier molecular flexibility index (Phi) is 4.29.